The smallest absolute Gasteiger partial charge is 0.226 e. The van der Waals surface area contributed by atoms with Crippen LogP contribution in [0.2, 0.25) is 0 Å². The molecule has 0 aromatic rings. The van der Waals surface area contributed by atoms with E-state index in [1.165, 1.54) is 32.1 Å². The van der Waals surface area contributed by atoms with Crippen LogP contribution in [0.1, 0.15) is 64.7 Å². The van der Waals surface area contributed by atoms with Gasteiger partial charge in [-0.25, -0.2) is 0 Å². The second-order valence-electron chi connectivity index (χ2n) is 8.07. The summed E-state index contributed by atoms with van der Waals surface area (Å²) in [5.74, 6) is 1.33. The van der Waals surface area contributed by atoms with Gasteiger partial charge in [0.05, 0.1) is 17.4 Å². The maximum absolute atomic E-state index is 12.9. The normalized spacial score (nSPS) is 41.3. The molecule has 1 saturated heterocycles. The van der Waals surface area contributed by atoms with Crippen LogP contribution in [0.5, 0.6) is 0 Å². The summed E-state index contributed by atoms with van der Waals surface area (Å²) in [6.07, 6.45) is 11.3. The minimum absolute atomic E-state index is 0.0259. The quantitative estimate of drug-likeness (QED) is 0.813. The van der Waals surface area contributed by atoms with E-state index >= 15 is 0 Å². The van der Waals surface area contributed by atoms with Crippen LogP contribution >= 0.6 is 11.8 Å². The topological polar surface area (TPSA) is 64.3 Å². The standard InChI is InChI=1S/C19H34N2O2S/c1-12-16(18(20)24-17(12)13-6-4-3-5-7-13)19(22)21-14-8-10-15(23-2)11-9-14/h12-18H,3-11,20H2,1-2H3,(H,21,22). The number of nitrogens with one attached hydrogen (secondary N) is 1. The van der Waals surface area contributed by atoms with Gasteiger partial charge in [-0.1, -0.05) is 26.2 Å². The molecular formula is C19H34N2O2S. The molecule has 4 nitrogen and oxygen atoms in total. The Morgan fingerprint density at radius 1 is 1.08 bits per heavy atom. The molecule has 0 spiro atoms. The molecule has 1 heterocycles. The third-order valence-corrected chi connectivity index (χ3v) is 8.26. The van der Waals surface area contributed by atoms with Gasteiger partial charge in [-0.05, 0) is 50.4 Å². The number of carbonyl (C=O) groups is 1. The zero-order valence-corrected chi connectivity index (χ0v) is 16.0. The number of hydrogen-bond donors (Lipinski definition) is 2. The molecule has 0 aromatic heterocycles. The van der Waals surface area contributed by atoms with Gasteiger partial charge in [0.15, 0.2) is 0 Å². The Morgan fingerprint density at radius 2 is 1.75 bits per heavy atom. The first-order valence-corrected chi connectivity index (χ1v) is 10.8. The Bertz CT molecular complexity index is 420. The number of hydrogen-bond acceptors (Lipinski definition) is 4. The number of rotatable bonds is 4. The summed E-state index contributed by atoms with van der Waals surface area (Å²) < 4.78 is 5.42. The van der Waals surface area contributed by atoms with Crippen molar-refractivity contribution in [2.75, 3.05) is 7.11 Å². The number of carbonyl (C=O) groups excluding carboxylic acids is 1. The SMILES string of the molecule is COC1CCC(NC(=O)C2C(N)SC(C3CCCCC3)C2C)CC1. The largest absolute Gasteiger partial charge is 0.381 e. The zero-order valence-electron chi connectivity index (χ0n) is 15.2. The third-order valence-electron chi connectivity index (χ3n) is 6.52. The lowest BCUT2D eigenvalue weighted by Crippen LogP contribution is -2.46. The molecule has 3 fully saturated rings. The first-order valence-electron chi connectivity index (χ1n) is 9.84. The van der Waals surface area contributed by atoms with Crippen LogP contribution in [0, 0.1) is 17.8 Å². The fourth-order valence-corrected chi connectivity index (χ4v) is 6.84. The molecule has 2 saturated carbocycles. The monoisotopic (exact) mass is 354 g/mol. The predicted octanol–water partition coefficient (Wildman–Crippen LogP) is 3.29. The van der Waals surface area contributed by atoms with E-state index in [0.29, 0.717) is 23.3 Å². The summed E-state index contributed by atoms with van der Waals surface area (Å²) in [5, 5.41) is 3.83. The maximum Gasteiger partial charge on any atom is 0.226 e. The molecule has 1 amide bonds. The number of amides is 1. The maximum atomic E-state index is 12.9. The van der Waals surface area contributed by atoms with Gasteiger partial charge in [0, 0.05) is 18.4 Å². The second kappa shape index (κ2) is 8.41. The molecule has 0 radical (unpaired) electrons. The Kier molecular flexibility index (Phi) is 6.50. The van der Waals surface area contributed by atoms with Crippen molar-refractivity contribution in [1.82, 2.24) is 5.32 Å². The Hall–Kier alpha value is -0.260. The minimum Gasteiger partial charge on any atom is -0.381 e. The van der Waals surface area contributed by atoms with Gasteiger partial charge in [-0.3, -0.25) is 4.79 Å². The third kappa shape index (κ3) is 4.10. The average Bonchev–Trinajstić information content (AvgIpc) is 2.91. The Morgan fingerprint density at radius 3 is 2.38 bits per heavy atom. The summed E-state index contributed by atoms with van der Waals surface area (Å²) in [5.41, 5.74) is 6.40. The highest BCUT2D eigenvalue weighted by atomic mass is 32.2. The fourth-order valence-electron chi connectivity index (χ4n) is 5.02. The number of thioether (sulfide) groups is 1. The lowest BCUT2D eigenvalue weighted by molar-refractivity contribution is -0.127. The van der Waals surface area contributed by atoms with Crippen LogP contribution in [0.15, 0.2) is 0 Å². The van der Waals surface area contributed by atoms with Crippen LogP contribution in [-0.4, -0.2) is 35.8 Å². The van der Waals surface area contributed by atoms with Gasteiger partial charge in [0.25, 0.3) is 0 Å². The highest BCUT2D eigenvalue weighted by molar-refractivity contribution is 8.00. The summed E-state index contributed by atoms with van der Waals surface area (Å²) in [6.45, 7) is 2.26. The van der Waals surface area contributed by atoms with E-state index < -0.39 is 0 Å². The Balaban J connectivity index is 1.54. The predicted molar refractivity (Wildman–Crippen MR) is 99.8 cm³/mol. The summed E-state index contributed by atoms with van der Waals surface area (Å²) in [7, 11) is 1.78. The minimum atomic E-state index is -0.0396. The van der Waals surface area contributed by atoms with Crippen molar-refractivity contribution in [2.45, 2.75) is 87.5 Å². The molecule has 138 valence electrons. The van der Waals surface area contributed by atoms with Gasteiger partial charge >= 0.3 is 0 Å². The molecule has 4 atom stereocenters. The van der Waals surface area contributed by atoms with Crippen molar-refractivity contribution in [3.05, 3.63) is 0 Å². The van der Waals surface area contributed by atoms with E-state index in [2.05, 4.69) is 12.2 Å². The van der Waals surface area contributed by atoms with Crippen molar-refractivity contribution in [2.24, 2.45) is 23.5 Å². The number of methoxy groups -OCH3 is 1. The molecule has 3 rings (SSSR count). The molecule has 5 heteroatoms. The van der Waals surface area contributed by atoms with Gasteiger partial charge in [0.1, 0.15) is 0 Å². The van der Waals surface area contributed by atoms with Crippen LogP contribution in [-0.2, 0) is 9.53 Å². The number of nitrogens with two attached hydrogens (primary N) is 1. The highest BCUT2D eigenvalue weighted by Gasteiger charge is 2.46. The van der Waals surface area contributed by atoms with Gasteiger partial charge in [0.2, 0.25) is 5.91 Å². The van der Waals surface area contributed by atoms with Gasteiger partial charge < -0.3 is 15.8 Å². The van der Waals surface area contributed by atoms with Crippen LogP contribution in [0.4, 0.5) is 0 Å². The van der Waals surface area contributed by atoms with Crippen molar-refractivity contribution < 1.29 is 9.53 Å². The molecule has 0 aromatic carbocycles. The molecule has 3 N–H and O–H groups in total. The van der Waals surface area contributed by atoms with Crippen LogP contribution in [0.25, 0.3) is 0 Å². The lowest BCUT2D eigenvalue weighted by Gasteiger charge is -2.32. The molecule has 4 unspecified atom stereocenters. The fraction of sp³-hybridized carbons (Fsp3) is 0.947. The summed E-state index contributed by atoms with van der Waals surface area (Å²) >= 11 is 1.88. The van der Waals surface area contributed by atoms with Crippen molar-refractivity contribution >= 4 is 17.7 Å². The van der Waals surface area contributed by atoms with E-state index in [-0.39, 0.29) is 17.2 Å². The van der Waals surface area contributed by atoms with E-state index in [1.807, 2.05) is 11.8 Å². The van der Waals surface area contributed by atoms with Crippen molar-refractivity contribution in [3.8, 4) is 0 Å². The van der Waals surface area contributed by atoms with Gasteiger partial charge in [-0.15, -0.1) is 11.8 Å². The number of ether oxygens (including phenoxy) is 1. The summed E-state index contributed by atoms with van der Waals surface area (Å²) in [6, 6.07) is 0.307. The van der Waals surface area contributed by atoms with E-state index in [1.54, 1.807) is 7.11 Å². The Labute approximate surface area is 151 Å². The second-order valence-corrected chi connectivity index (χ2v) is 9.43. The average molecular weight is 355 g/mol. The highest BCUT2D eigenvalue weighted by Crippen LogP contribution is 2.47. The molecule has 2 aliphatic carbocycles. The lowest BCUT2D eigenvalue weighted by atomic mass is 9.78. The van der Waals surface area contributed by atoms with Crippen LogP contribution < -0.4 is 11.1 Å². The van der Waals surface area contributed by atoms with E-state index in [9.17, 15) is 4.79 Å². The van der Waals surface area contributed by atoms with E-state index in [0.717, 1.165) is 31.6 Å². The van der Waals surface area contributed by atoms with E-state index in [4.69, 9.17) is 10.5 Å². The van der Waals surface area contributed by atoms with Crippen molar-refractivity contribution in [1.29, 1.82) is 0 Å². The van der Waals surface area contributed by atoms with Crippen molar-refractivity contribution in [3.63, 3.8) is 0 Å². The van der Waals surface area contributed by atoms with Crippen LogP contribution in [0.3, 0.4) is 0 Å². The zero-order chi connectivity index (χ0) is 17.1. The van der Waals surface area contributed by atoms with Gasteiger partial charge in [-0.2, -0.15) is 0 Å². The molecule has 3 aliphatic rings. The first kappa shape index (κ1) is 18.5. The molecule has 24 heavy (non-hydrogen) atoms. The molecule has 0 bridgehead atoms. The molecular weight excluding hydrogens is 320 g/mol. The summed E-state index contributed by atoms with van der Waals surface area (Å²) in [4.78, 5) is 12.9. The molecule has 1 aliphatic heterocycles. The first-order chi connectivity index (χ1) is 11.6.